The van der Waals surface area contributed by atoms with E-state index in [9.17, 15) is 19.1 Å². The highest BCUT2D eigenvalue weighted by atomic mass is 79.9. The van der Waals surface area contributed by atoms with E-state index in [4.69, 9.17) is 4.42 Å². The second kappa shape index (κ2) is 4.92. The van der Waals surface area contributed by atoms with E-state index < -0.39 is 17.2 Å². The van der Waals surface area contributed by atoms with Crippen molar-refractivity contribution in [2.75, 3.05) is 0 Å². The van der Waals surface area contributed by atoms with E-state index in [2.05, 4.69) is 15.9 Å². The Kier molecular flexibility index (Phi) is 3.09. The number of aromatic carboxylic acids is 1. The fourth-order valence-electron chi connectivity index (χ4n) is 2.89. The lowest BCUT2D eigenvalue weighted by atomic mass is 10.1. The van der Waals surface area contributed by atoms with E-state index in [1.54, 1.807) is 10.6 Å². The van der Waals surface area contributed by atoms with Crippen LogP contribution < -0.4 is 5.43 Å². The van der Waals surface area contributed by atoms with Crippen molar-refractivity contribution < 1.29 is 18.7 Å². The molecule has 0 unspecified atom stereocenters. The number of halogens is 2. The molecule has 0 aliphatic heterocycles. The lowest BCUT2D eigenvalue weighted by molar-refractivity contribution is 0.0695. The number of carbonyl (C=O) groups is 1. The first-order valence-corrected chi connectivity index (χ1v) is 8.22. The molecule has 0 bridgehead atoms. The van der Waals surface area contributed by atoms with E-state index in [0.717, 1.165) is 18.9 Å². The molecule has 0 radical (unpaired) electrons. The summed E-state index contributed by atoms with van der Waals surface area (Å²) in [4.78, 5) is 23.7. The second-order valence-corrected chi connectivity index (χ2v) is 6.22. The largest absolute Gasteiger partial charge is 0.477 e. The Bertz CT molecular complexity index is 1030. The van der Waals surface area contributed by atoms with Gasteiger partial charge in [0, 0.05) is 12.2 Å². The number of fused-ring (bicyclic) bond motifs is 3. The molecule has 1 fully saturated rings. The van der Waals surface area contributed by atoms with Gasteiger partial charge in [-0.2, -0.15) is 0 Å². The van der Waals surface area contributed by atoms with Gasteiger partial charge in [0.2, 0.25) is 5.43 Å². The van der Waals surface area contributed by atoms with E-state index in [1.807, 2.05) is 0 Å². The maximum atomic E-state index is 14.4. The fourth-order valence-corrected chi connectivity index (χ4v) is 3.16. The van der Waals surface area contributed by atoms with E-state index in [1.165, 1.54) is 6.20 Å². The molecule has 0 saturated heterocycles. The minimum atomic E-state index is -1.31. The highest BCUT2D eigenvalue weighted by Crippen LogP contribution is 2.39. The van der Waals surface area contributed by atoms with Crippen LogP contribution in [-0.4, -0.2) is 15.6 Å². The van der Waals surface area contributed by atoms with Crippen LogP contribution in [0.2, 0.25) is 0 Å². The van der Waals surface area contributed by atoms with Crippen molar-refractivity contribution >= 4 is 43.8 Å². The van der Waals surface area contributed by atoms with Gasteiger partial charge in [-0.05, 0) is 25.0 Å². The standard InChI is InChI=1S/C16H11BrFNO4/c17-5-8-3-9-12(18)4-10-13(15(9)23-8)19(7-1-2-7)6-11(14(10)20)16(21)22/h3-4,6-7H,1-2,5H2,(H,21,22). The maximum absolute atomic E-state index is 14.4. The summed E-state index contributed by atoms with van der Waals surface area (Å²) < 4.78 is 21.8. The van der Waals surface area contributed by atoms with Gasteiger partial charge < -0.3 is 14.1 Å². The first kappa shape index (κ1) is 14.4. The van der Waals surface area contributed by atoms with Gasteiger partial charge in [-0.1, -0.05) is 15.9 Å². The van der Waals surface area contributed by atoms with Crippen LogP contribution in [0.1, 0.15) is 35.0 Å². The zero-order chi connectivity index (χ0) is 16.3. The van der Waals surface area contributed by atoms with Crippen molar-refractivity contribution in [3.05, 3.63) is 45.7 Å². The molecule has 0 atom stereocenters. The summed E-state index contributed by atoms with van der Waals surface area (Å²) in [7, 11) is 0. The van der Waals surface area contributed by atoms with Gasteiger partial charge in [0.15, 0.2) is 5.58 Å². The molecule has 4 rings (SSSR count). The van der Waals surface area contributed by atoms with Gasteiger partial charge in [0.05, 0.1) is 21.6 Å². The van der Waals surface area contributed by atoms with E-state index in [0.29, 0.717) is 22.0 Å². The van der Waals surface area contributed by atoms with Crippen molar-refractivity contribution in [3.63, 3.8) is 0 Å². The smallest absolute Gasteiger partial charge is 0.341 e. The molecular formula is C16H11BrFNO4. The first-order chi connectivity index (χ1) is 11.0. The van der Waals surface area contributed by atoms with Crippen molar-refractivity contribution in [2.24, 2.45) is 0 Å². The number of carboxylic acids is 1. The van der Waals surface area contributed by atoms with Gasteiger partial charge in [-0.15, -0.1) is 0 Å². The van der Waals surface area contributed by atoms with Crippen LogP contribution in [0.15, 0.2) is 27.5 Å². The summed E-state index contributed by atoms with van der Waals surface area (Å²) in [5.74, 6) is -1.36. The highest BCUT2D eigenvalue weighted by Gasteiger charge is 2.29. The number of aromatic nitrogens is 1. The number of hydrogen-bond acceptors (Lipinski definition) is 3. The monoisotopic (exact) mass is 379 g/mol. The van der Waals surface area contributed by atoms with Crippen molar-refractivity contribution in [1.29, 1.82) is 0 Å². The minimum absolute atomic E-state index is 0.0391. The first-order valence-electron chi connectivity index (χ1n) is 7.10. The maximum Gasteiger partial charge on any atom is 0.341 e. The van der Waals surface area contributed by atoms with Gasteiger partial charge >= 0.3 is 5.97 Å². The third-order valence-electron chi connectivity index (χ3n) is 4.10. The number of furan rings is 1. The summed E-state index contributed by atoms with van der Waals surface area (Å²) in [5.41, 5.74) is -0.293. The Morgan fingerprint density at radius 1 is 1.39 bits per heavy atom. The van der Waals surface area contributed by atoms with Gasteiger partial charge in [-0.3, -0.25) is 4.79 Å². The summed E-state index contributed by atoms with van der Waals surface area (Å²) in [5, 5.41) is 9.99. The average molecular weight is 380 g/mol. The number of pyridine rings is 1. The predicted octanol–water partition coefficient (Wildman–Crippen LogP) is 3.81. The Balaban J connectivity index is 2.23. The number of alkyl halides is 1. The van der Waals surface area contributed by atoms with Crippen molar-refractivity contribution in [2.45, 2.75) is 24.2 Å². The number of benzene rings is 1. The molecule has 118 valence electrons. The Hall–Kier alpha value is -2.15. The quantitative estimate of drug-likeness (QED) is 0.702. The predicted molar refractivity (Wildman–Crippen MR) is 85.8 cm³/mol. The summed E-state index contributed by atoms with van der Waals surface area (Å²) >= 11 is 3.27. The number of rotatable bonds is 3. The van der Waals surface area contributed by atoms with Crippen LogP contribution in [0.3, 0.4) is 0 Å². The lowest BCUT2D eigenvalue weighted by Crippen LogP contribution is -2.19. The number of carboxylic acid groups (broad SMARTS) is 1. The minimum Gasteiger partial charge on any atom is -0.477 e. The molecule has 3 aromatic rings. The van der Waals surface area contributed by atoms with E-state index in [-0.39, 0.29) is 22.6 Å². The third kappa shape index (κ3) is 2.10. The molecule has 2 heterocycles. The summed E-state index contributed by atoms with van der Waals surface area (Å²) in [6, 6.07) is 2.81. The fraction of sp³-hybridized carbons (Fsp3) is 0.250. The zero-order valence-corrected chi connectivity index (χ0v) is 13.4. The molecule has 5 nitrogen and oxygen atoms in total. The van der Waals surface area contributed by atoms with Crippen LogP contribution in [0.25, 0.3) is 21.9 Å². The molecule has 0 amide bonds. The van der Waals surface area contributed by atoms with Crippen LogP contribution in [0.5, 0.6) is 0 Å². The Morgan fingerprint density at radius 3 is 2.74 bits per heavy atom. The summed E-state index contributed by atoms with van der Waals surface area (Å²) in [6.07, 6.45) is 3.13. The normalized spacial score (nSPS) is 14.7. The Labute approximate surface area is 137 Å². The van der Waals surface area contributed by atoms with Crippen LogP contribution in [0.4, 0.5) is 4.39 Å². The molecule has 2 aromatic heterocycles. The second-order valence-electron chi connectivity index (χ2n) is 5.66. The van der Waals surface area contributed by atoms with Crippen LogP contribution in [-0.2, 0) is 5.33 Å². The average Bonchev–Trinajstić information content (AvgIpc) is 3.26. The van der Waals surface area contributed by atoms with Crippen molar-refractivity contribution in [1.82, 2.24) is 4.57 Å². The third-order valence-corrected chi connectivity index (χ3v) is 4.65. The zero-order valence-electron chi connectivity index (χ0n) is 11.8. The lowest BCUT2D eigenvalue weighted by Gasteiger charge is -2.12. The summed E-state index contributed by atoms with van der Waals surface area (Å²) in [6.45, 7) is 0. The highest BCUT2D eigenvalue weighted by molar-refractivity contribution is 9.08. The van der Waals surface area contributed by atoms with Gasteiger partial charge in [0.1, 0.15) is 17.1 Å². The van der Waals surface area contributed by atoms with Crippen molar-refractivity contribution in [3.8, 4) is 0 Å². The SMILES string of the molecule is O=C(O)c1cn(C2CC2)c2c(cc(F)c3cc(CBr)oc32)c1=O. The van der Waals surface area contributed by atoms with Crippen LogP contribution >= 0.6 is 15.9 Å². The number of hydrogen-bond donors (Lipinski definition) is 1. The topological polar surface area (TPSA) is 72.4 Å². The van der Waals surface area contributed by atoms with E-state index >= 15 is 0 Å². The molecule has 7 heteroatoms. The molecule has 23 heavy (non-hydrogen) atoms. The molecular weight excluding hydrogens is 369 g/mol. The molecule has 1 aromatic carbocycles. The molecule has 1 aliphatic carbocycles. The number of nitrogens with zero attached hydrogens (tertiary/aromatic N) is 1. The van der Waals surface area contributed by atoms with Gasteiger partial charge in [0.25, 0.3) is 0 Å². The van der Waals surface area contributed by atoms with Crippen LogP contribution in [0, 0.1) is 5.82 Å². The van der Waals surface area contributed by atoms with Gasteiger partial charge in [-0.25, -0.2) is 9.18 Å². The Morgan fingerprint density at radius 2 is 2.13 bits per heavy atom. The molecule has 1 saturated carbocycles. The molecule has 1 N–H and O–H groups in total. The molecule has 0 spiro atoms. The molecule has 1 aliphatic rings.